The van der Waals surface area contributed by atoms with Crippen LogP contribution in [0.25, 0.3) is 0 Å². The largest absolute Gasteiger partial charge is 0.487 e. The van der Waals surface area contributed by atoms with Crippen molar-refractivity contribution in [1.82, 2.24) is 0 Å². The van der Waals surface area contributed by atoms with Crippen molar-refractivity contribution in [2.75, 3.05) is 6.61 Å². The third kappa shape index (κ3) is 10.6. The van der Waals surface area contributed by atoms with Gasteiger partial charge in [-0.25, -0.2) is 4.99 Å². The number of carbonyl (C=O) groups excluding carboxylic acids is 1. The first-order valence-electron chi connectivity index (χ1n) is 18.0. The van der Waals surface area contributed by atoms with E-state index in [0.717, 1.165) is 78.0 Å². The van der Waals surface area contributed by atoms with Gasteiger partial charge in [0.15, 0.2) is 5.72 Å². The van der Waals surface area contributed by atoms with Crippen molar-refractivity contribution in [2.45, 2.75) is 177 Å². The minimum absolute atomic E-state index is 0.143. The highest BCUT2D eigenvalue weighted by Gasteiger charge is 2.43. The lowest BCUT2D eigenvalue weighted by Crippen LogP contribution is -2.37. The van der Waals surface area contributed by atoms with Crippen LogP contribution in [0.4, 0.5) is 0 Å². The summed E-state index contributed by atoms with van der Waals surface area (Å²) in [6.45, 7) is 22.9. The molecule has 1 aromatic carbocycles. The topological polar surface area (TPSA) is 57.1 Å². The van der Waals surface area contributed by atoms with Gasteiger partial charge in [-0.05, 0) is 101 Å². The maximum absolute atomic E-state index is 12.9. The molecule has 44 heavy (non-hydrogen) atoms. The smallest absolute Gasteiger partial charge is 0.311 e. The van der Waals surface area contributed by atoms with Crippen LogP contribution in [-0.4, -0.2) is 29.6 Å². The fourth-order valence-electron chi connectivity index (χ4n) is 6.85. The van der Waals surface area contributed by atoms with Crippen molar-refractivity contribution < 1.29 is 19.0 Å². The van der Waals surface area contributed by atoms with Crippen LogP contribution in [0.3, 0.4) is 0 Å². The molecule has 0 bridgehead atoms. The lowest BCUT2D eigenvalue weighted by atomic mass is 9.83. The Balaban J connectivity index is 1.46. The van der Waals surface area contributed by atoms with E-state index in [4.69, 9.17) is 14.2 Å². The summed E-state index contributed by atoms with van der Waals surface area (Å²) < 4.78 is 18.7. The molecule has 3 unspecified atom stereocenters. The summed E-state index contributed by atoms with van der Waals surface area (Å²) in [4.78, 5) is 17.4. The number of unbranched alkanes of at least 4 members (excludes halogenated alkanes) is 1. The Morgan fingerprint density at radius 3 is 2.16 bits per heavy atom. The molecule has 250 valence electrons. The summed E-state index contributed by atoms with van der Waals surface area (Å²) in [5, 5.41) is 0. The molecule has 0 radical (unpaired) electrons. The van der Waals surface area contributed by atoms with E-state index in [1.54, 1.807) is 0 Å². The lowest BCUT2D eigenvalue weighted by molar-refractivity contribution is -0.134. The number of aliphatic imine (C=N–C) groups is 1. The Bertz CT molecular complexity index is 1120. The zero-order chi connectivity index (χ0) is 32.5. The van der Waals surface area contributed by atoms with Gasteiger partial charge in [-0.3, -0.25) is 4.79 Å². The van der Waals surface area contributed by atoms with E-state index in [-0.39, 0.29) is 11.6 Å². The molecule has 2 aliphatic heterocycles. The number of ether oxygens (including phenoxy) is 3. The Hall–Kier alpha value is -1.88. The number of benzene rings is 1. The van der Waals surface area contributed by atoms with E-state index in [9.17, 15) is 4.79 Å². The average Bonchev–Trinajstić information content (AvgIpc) is 3.62. The van der Waals surface area contributed by atoms with Crippen LogP contribution in [0.5, 0.6) is 11.5 Å². The predicted molar refractivity (Wildman–Crippen MR) is 184 cm³/mol. The fourth-order valence-corrected chi connectivity index (χ4v) is 6.85. The van der Waals surface area contributed by atoms with Crippen molar-refractivity contribution in [3.63, 3.8) is 0 Å². The van der Waals surface area contributed by atoms with Gasteiger partial charge in [0, 0.05) is 18.6 Å². The first kappa shape index (κ1) is 36.6. The summed E-state index contributed by atoms with van der Waals surface area (Å²) in [5.41, 5.74) is 4.66. The average molecular weight is 612 g/mol. The first-order valence-corrected chi connectivity index (χ1v) is 18.0. The fraction of sp³-hybridized carbons (Fsp3) is 0.795. The van der Waals surface area contributed by atoms with Crippen LogP contribution in [0.15, 0.2) is 4.99 Å². The van der Waals surface area contributed by atoms with Crippen LogP contribution in [0.1, 0.15) is 161 Å². The number of rotatable bonds is 20. The van der Waals surface area contributed by atoms with E-state index < -0.39 is 5.72 Å². The number of fused-ring (bicyclic) bond motifs is 1. The Morgan fingerprint density at radius 1 is 0.886 bits per heavy atom. The van der Waals surface area contributed by atoms with Crippen molar-refractivity contribution in [3.05, 3.63) is 22.3 Å². The van der Waals surface area contributed by atoms with Crippen molar-refractivity contribution in [1.29, 1.82) is 0 Å². The SMILES string of the molecule is CCCCO[C@]1(C)N=C1CCC(=O)Oc1c(C)c(C)c2c(c1C)CCC(C)(CCCC(C)CCCC(C)CCCC(C)C)O2. The molecule has 0 aromatic heterocycles. The lowest BCUT2D eigenvalue weighted by Gasteiger charge is -2.38. The van der Waals surface area contributed by atoms with Crippen molar-refractivity contribution in [3.8, 4) is 11.5 Å². The molecule has 0 saturated carbocycles. The van der Waals surface area contributed by atoms with Crippen LogP contribution in [-0.2, 0) is 16.0 Å². The highest BCUT2D eigenvalue weighted by molar-refractivity contribution is 6.04. The number of esters is 1. The van der Waals surface area contributed by atoms with Gasteiger partial charge in [-0.1, -0.05) is 86.0 Å². The summed E-state index contributed by atoms with van der Waals surface area (Å²) in [6, 6.07) is 0. The molecule has 0 fully saturated rings. The van der Waals surface area contributed by atoms with Crippen LogP contribution < -0.4 is 9.47 Å². The standard InChI is InChI=1S/C39H65NO4/c1-11-12-26-42-39(10)34(40-39)21-22-35(41)43-36-30(6)31(7)37-33(32(36)8)23-25-38(9,44-37)24-15-20-29(5)19-14-18-28(4)17-13-16-27(2)3/h27-29H,11-26H2,1-10H3/t28?,29?,38?,39-/m0/s1. The predicted octanol–water partition coefficient (Wildman–Crippen LogP) is 10.8. The Morgan fingerprint density at radius 2 is 1.52 bits per heavy atom. The third-order valence-electron chi connectivity index (χ3n) is 10.3. The van der Waals surface area contributed by atoms with Gasteiger partial charge in [0.1, 0.15) is 17.1 Å². The molecule has 0 aliphatic carbocycles. The number of carbonyl (C=O) groups is 1. The molecular formula is C39H65NO4. The van der Waals surface area contributed by atoms with Crippen molar-refractivity contribution >= 4 is 11.7 Å². The summed E-state index contributed by atoms with van der Waals surface area (Å²) in [6.07, 6.45) is 16.7. The monoisotopic (exact) mass is 611 g/mol. The summed E-state index contributed by atoms with van der Waals surface area (Å²) in [7, 11) is 0. The molecule has 0 amide bonds. The molecule has 2 aliphatic rings. The van der Waals surface area contributed by atoms with Gasteiger partial charge in [0.05, 0.1) is 12.1 Å². The van der Waals surface area contributed by atoms with E-state index >= 15 is 0 Å². The number of hydrogen-bond acceptors (Lipinski definition) is 5. The van der Waals surface area contributed by atoms with E-state index in [1.165, 1.54) is 56.9 Å². The van der Waals surface area contributed by atoms with Gasteiger partial charge in [-0.2, -0.15) is 0 Å². The second kappa shape index (κ2) is 16.6. The molecule has 3 rings (SSSR count). The van der Waals surface area contributed by atoms with Gasteiger partial charge >= 0.3 is 5.97 Å². The minimum atomic E-state index is -0.503. The molecule has 5 heteroatoms. The number of nitrogens with zero attached hydrogens (tertiary/aromatic N) is 1. The van der Waals surface area contributed by atoms with Crippen LogP contribution in [0.2, 0.25) is 0 Å². The highest BCUT2D eigenvalue weighted by Crippen LogP contribution is 2.45. The molecule has 0 spiro atoms. The molecular weight excluding hydrogens is 546 g/mol. The second-order valence-corrected chi connectivity index (χ2v) is 15.1. The van der Waals surface area contributed by atoms with E-state index in [1.807, 2.05) is 6.92 Å². The van der Waals surface area contributed by atoms with Crippen LogP contribution in [0, 0.1) is 38.5 Å². The zero-order valence-electron chi connectivity index (χ0n) is 30.1. The molecule has 2 heterocycles. The van der Waals surface area contributed by atoms with Gasteiger partial charge in [0.2, 0.25) is 0 Å². The third-order valence-corrected chi connectivity index (χ3v) is 10.3. The second-order valence-electron chi connectivity index (χ2n) is 15.1. The zero-order valence-corrected chi connectivity index (χ0v) is 30.1. The highest BCUT2D eigenvalue weighted by atomic mass is 16.5. The van der Waals surface area contributed by atoms with Crippen molar-refractivity contribution in [2.24, 2.45) is 22.7 Å². The van der Waals surface area contributed by atoms with Gasteiger partial charge < -0.3 is 14.2 Å². The molecule has 4 atom stereocenters. The molecule has 0 saturated heterocycles. The molecule has 1 aromatic rings. The maximum Gasteiger partial charge on any atom is 0.311 e. The van der Waals surface area contributed by atoms with E-state index in [0.29, 0.717) is 25.2 Å². The number of hydrogen-bond donors (Lipinski definition) is 0. The van der Waals surface area contributed by atoms with Gasteiger partial charge in [0.25, 0.3) is 0 Å². The molecule has 0 N–H and O–H groups in total. The Labute approximate surface area is 270 Å². The maximum atomic E-state index is 12.9. The normalized spacial score (nSPS) is 22.3. The molecule has 5 nitrogen and oxygen atoms in total. The summed E-state index contributed by atoms with van der Waals surface area (Å²) >= 11 is 0. The minimum Gasteiger partial charge on any atom is -0.487 e. The first-order chi connectivity index (χ1) is 20.8. The van der Waals surface area contributed by atoms with Crippen LogP contribution >= 0.6 is 0 Å². The van der Waals surface area contributed by atoms with Gasteiger partial charge in [-0.15, -0.1) is 0 Å². The quantitative estimate of drug-likeness (QED) is 0.0836. The van der Waals surface area contributed by atoms with E-state index in [2.05, 4.69) is 67.3 Å². The Kier molecular flexibility index (Phi) is 13.8. The summed E-state index contributed by atoms with van der Waals surface area (Å²) in [5.74, 6) is 3.98.